The Morgan fingerprint density at radius 1 is 1.47 bits per heavy atom. The fourth-order valence-electron chi connectivity index (χ4n) is 1.14. The largest absolute Gasteiger partial charge is 0.481 e. The van der Waals surface area contributed by atoms with Gasteiger partial charge >= 0.3 is 5.97 Å². The Hall–Kier alpha value is -1.70. The van der Waals surface area contributed by atoms with Crippen molar-refractivity contribution in [3.05, 3.63) is 28.5 Å². The standard InChI is InChI=1S/C11H10BrF2NO4/c12-6-1-2-9(7(14)3-6)19-5-10(16)15-8(4-13)11(17)18/h1-3,8H,4-5H2,(H,15,16)(H,17,18). The van der Waals surface area contributed by atoms with Gasteiger partial charge in [-0.25, -0.2) is 13.6 Å². The predicted molar refractivity (Wildman–Crippen MR) is 65.1 cm³/mol. The van der Waals surface area contributed by atoms with E-state index in [0.29, 0.717) is 4.47 Å². The first-order valence-corrected chi connectivity index (χ1v) is 5.89. The van der Waals surface area contributed by atoms with Gasteiger partial charge in [0.25, 0.3) is 5.91 Å². The lowest BCUT2D eigenvalue weighted by atomic mass is 10.3. The van der Waals surface area contributed by atoms with E-state index in [4.69, 9.17) is 9.84 Å². The normalized spacial score (nSPS) is 11.7. The topological polar surface area (TPSA) is 75.6 Å². The van der Waals surface area contributed by atoms with Crippen LogP contribution >= 0.6 is 15.9 Å². The molecule has 0 heterocycles. The molecule has 1 rings (SSSR count). The third kappa shape index (κ3) is 4.82. The molecule has 0 saturated carbocycles. The molecule has 0 aliphatic rings. The molecule has 0 aromatic heterocycles. The summed E-state index contributed by atoms with van der Waals surface area (Å²) in [4.78, 5) is 21.7. The highest BCUT2D eigenvalue weighted by molar-refractivity contribution is 9.10. The van der Waals surface area contributed by atoms with E-state index in [2.05, 4.69) is 15.9 Å². The van der Waals surface area contributed by atoms with Gasteiger partial charge in [-0.1, -0.05) is 15.9 Å². The second kappa shape index (κ2) is 7.03. The number of amides is 1. The molecule has 0 spiro atoms. The average molecular weight is 338 g/mol. The van der Waals surface area contributed by atoms with Gasteiger partial charge in [0.05, 0.1) is 0 Å². The van der Waals surface area contributed by atoms with Gasteiger partial charge < -0.3 is 15.2 Å². The second-order valence-corrected chi connectivity index (χ2v) is 4.39. The summed E-state index contributed by atoms with van der Waals surface area (Å²) in [5, 5.41) is 10.4. The summed E-state index contributed by atoms with van der Waals surface area (Å²) < 4.78 is 30.9. The molecule has 5 nitrogen and oxygen atoms in total. The van der Waals surface area contributed by atoms with E-state index in [1.54, 1.807) is 0 Å². The molecular formula is C11H10BrF2NO4. The van der Waals surface area contributed by atoms with Crippen LogP contribution in [-0.4, -0.2) is 36.3 Å². The summed E-state index contributed by atoms with van der Waals surface area (Å²) in [6.07, 6.45) is 0. The molecule has 19 heavy (non-hydrogen) atoms. The van der Waals surface area contributed by atoms with Gasteiger partial charge in [-0.2, -0.15) is 0 Å². The number of carboxylic acids is 1. The Labute approximate surface area is 115 Å². The maximum atomic E-state index is 13.3. The first-order valence-electron chi connectivity index (χ1n) is 5.10. The number of aliphatic carboxylic acids is 1. The number of carbonyl (C=O) groups excluding carboxylic acids is 1. The van der Waals surface area contributed by atoms with Gasteiger partial charge in [0.2, 0.25) is 0 Å². The second-order valence-electron chi connectivity index (χ2n) is 3.48. The summed E-state index contributed by atoms with van der Waals surface area (Å²) >= 11 is 3.05. The Morgan fingerprint density at radius 2 is 2.16 bits per heavy atom. The molecule has 1 unspecified atom stereocenters. The zero-order valence-electron chi connectivity index (χ0n) is 9.53. The molecule has 1 aromatic rings. The van der Waals surface area contributed by atoms with Gasteiger partial charge in [0.15, 0.2) is 24.2 Å². The first kappa shape index (κ1) is 15.4. The van der Waals surface area contributed by atoms with Crippen LogP contribution in [0.3, 0.4) is 0 Å². The molecular weight excluding hydrogens is 328 g/mol. The molecule has 104 valence electrons. The Morgan fingerprint density at radius 3 is 2.68 bits per heavy atom. The van der Waals surface area contributed by atoms with Crippen LogP contribution in [0.2, 0.25) is 0 Å². The van der Waals surface area contributed by atoms with E-state index in [9.17, 15) is 18.4 Å². The number of halogens is 3. The van der Waals surface area contributed by atoms with E-state index >= 15 is 0 Å². The van der Waals surface area contributed by atoms with Crippen molar-refractivity contribution in [2.45, 2.75) is 6.04 Å². The fourth-order valence-corrected chi connectivity index (χ4v) is 1.47. The van der Waals surface area contributed by atoms with E-state index in [0.717, 1.165) is 6.07 Å². The van der Waals surface area contributed by atoms with Gasteiger partial charge in [-0.15, -0.1) is 0 Å². The first-order chi connectivity index (χ1) is 8.93. The van der Waals surface area contributed by atoms with E-state index in [1.807, 2.05) is 5.32 Å². The quantitative estimate of drug-likeness (QED) is 0.824. The summed E-state index contributed by atoms with van der Waals surface area (Å²) in [5.41, 5.74) is 0. The monoisotopic (exact) mass is 337 g/mol. The molecule has 0 fully saturated rings. The maximum Gasteiger partial charge on any atom is 0.328 e. The highest BCUT2D eigenvalue weighted by atomic mass is 79.9. The predicted octanol–water partition coefficient (Wildman–Crippen LogP) is 1.51. The van der Waals surface area contributed by atoms with Crippen LogP contribution in [0, 0.1) is 5.82 Å². The van der Waals surface area contributed by atoms with Gasteiger partial charge in [-0.3, -0.25) is 4.79 Å². The van der Waals surface area contributed by atoms with Crippen molar-refractivity contribution in [2.75, 3.05) is 13.3 Å². The number of benzene rings is 1. The van der Waals surface area contributed by atoms with Crippen LogP contribution in [0.15, 0.2) is 22.7 Å². The van der Waals surface area contributed by atoms with Gasteiger partial charge in [-0.05, 0) is 18.2 Å². The van der Waals surface area contributed by atoms with Crippen molar-refractivity contribution in [1.82, 2.24) is 5.32 Å². The molecule has 0 bridgehead atoms. The van der Waals surface area contributed by atoms with Crippen molar-refractivity contribution < 1.29 is 28.2 Å². The van der Waals surface area contributed by atoms with Crippen molar-refractivity contribution in [3.63, 3.8) is 0 Å². The molecule has 8 heteroatoms. The van der Waals surface area contributed by atoms with Crippen molar-refractivity contribution in [3.8, 4) is 5.75 Å². The van der Waals surface area contributed by atoms with Crippen LogP contribution in [0.1, 0.15) is 0 Å². The highest BCUT2D eigenvalue weighted by Crippen LogP contribution is 2.21. The summed E-state index contributed by atoms with van der Waals surface area (Å²) in [7, 11) is 0. The Bertz CT molecular complexity index is 484. The van der Waals surface area contributed by atoms with Crippen LogP contribution < -0.4 is 10.1 Å². The third-order valence-corrected chi connectivity index (χ3v) is 2.53. The minimum absolute atomic E-state index is 0.162. The summed E-state index contributed by atoms with van der Waals surface area (Å²) in [5.74, 6) is -3.19. The molecule has 0 aliphatic heterocycles. The zero-order valence-corrected chi connectivity index (χ0v) is 11.1. The molecule has 0 radical (unpaired) electrons. The maximum absolute atomic E-state index is 13.3. The molecule has 2 N–H and O–H groups in total. The van der Waals surface area contributed by atoms with E-state index in [1.165, 1.54) is 12.1 Å². The van der Waals surface area contributed by atoms with Crippen LogP contribution in [0.5, 0.6) is 5.75 Å². The number of rotatable bonds is 6. The van der Waals surface area contributed by atoms with Crippen molar-refractivity contribution in [2.24, 2.45) is 0 Å². The van der Waals surface area contributed by atoms with Crippen LogP contribution in [-0.2, 0) is 9.59 Å². The zero-order chi connectivity index (χ0) is 14.4. The minimum atomic E-state index is -1.63. The molecule has 1 amide bonds. The molecule has 0 aliphatic carbocycles. The average Bonchev–Trinajstić information content (AvgIpc) is 2.34. The molecule has 0 saturated heterocycles. The molecule has 1 aromatic carbocycles. The Balaban J connectivity index is 2.52. The summed E-state index contributed by atoms with van der Waals surface area (Å²) in [6, 6.07) is 2.33. The number of nitrogens with one attached hydrogen (secondary N) is 1. The lowest BCUT2D eigenvalue weighted by Gasteiger charge is -2.11. The highest BCUT2D eigenvalue weighted by Gasteiger charge is 2.19. The van der Waals surface area contributed by atoms with E-state index in [-0.39, 0.29) is 5.75 Å². The van der Waals surface area contributed by atoms with Crippen LogP contribution in [0.4, 0.5) is 8.78 Å². The number of hydrogen-bond acceptors (Lipinski definition) is 3. The van der Waals surface area contributed by atoms with Gasteiger partial charge in [0.1, 0.15) is 6.67 Å². The number of ether oxygens (including phenoxy) is 1. The van der Waals surface area contributed by atoms with Crippen molar-refractivity contribution >= 4 is 27.8 Å². The summed E-state index contributed by atoms with van der Waals surface area (Å²) in [6.45, 7) is -1.85. The number of alkyl halides is 1. The van der Waals surface area contributed by atoms with E-state index < -0.39 is 37.0 Å². The minimum Gasteiger partial charge on any atom is -0.481 e. The molecule has 1 atom stereocenters. The lowest BCUT2D eigenvalue weighted by molar-refractivity contribution is -0.142. The number of carboxylic acid groups (broad SMARTS) is 1. The van der Waals surface area contributed by atoms with Crippen molar-refractivity contribution in [1.29, 1.82) is 0 Å². The van der Waals surface area contributed by atoms with Gasteiger partial charge in [0, 0.05) is 4.47 Å². The fraction of sp³-hybridized carbons (Fsp3) is 0.273. The number of hydrogen-bond donors (Lipinski definition) is 2. The smallest absolute Gasteiger partial charge is 0.328 e. The van der Waals surface area contributed by atoms with Crippen LogP contribution in [0.25, 0.3) is 0 Å². The SMILES string of the molecule is O=C(COc1ccc(Br)cc1F)NC(CF)C(=O)O. The third-order valence-electron chi connectivity index (χ3n) is 2.04. The number of carbonyl (C=O) groups is 2. The lowest BCUT2D eigenvalue weighted by Crippen LogP contribution is -2.44. The Kier molecular flexibility index (Phi) is 5.68.